The van der Waals surface area contributed by atoms with Crippen LogP contribution in [0.3, 0.4) is 0 Å². The predicted octanol–water partition coefficient (Wildman–Crippen LogP) is 4.98. The van der Waals surface area contributed by atoms with Crippen LogP contribution in [0.2, 0.25) is 0 Å². The molecule has 0 radical (unpaired) electrons. The van der Waals surface area contributed by atoms with Gasteiger partial charge in [0.15, 0.2) is 0 Å². The molecule has 1 aliphatic heterocycles. The average Bonchev–Trinajstić information content (AvgIpc) is 2.78. The number of nitrogens with one attached hydrogen (secondary N) is 2. The standard InChI is InChI=1S/C26H20N2O3/c1-16-7-6-8-17(15-16)21-14-13-20(25(29)27-21)26(30)28-24-18-9-2-4-11-22(18)31-23-12-5-3-10-19(23)24/h2-15,24H,1H3,(H,27,29)(H,28,30). The lowest BCUT2D eigenvalue weighted by Crippen LogP contribution is -2.34. The Morgan fingerprint density at radius 1 is 0.871 bits per heavy atom. The van der Waals surface area contributed by atoms with E-state index < -0.39 is 17.5 Å². The second-order valence-electron chi connectivity index (χ2n) is 7.57. The average molecular weight is 408 g/mol. The first-order valence-corrected chi connectivity index (χ1v) is 10.1. The molecule has 5 nitrogen and oxygen atoms in total. The number of benzene rings is 3. The molecular formula is C26H20N2O3. The van der Waals surface area contributed by atoms with Crippen LogP contribution in [0.25, 0.3) is 11.3 Å². The van der Waals surface area contributed by atoms with Gasteiger partial charge in [0.25, 0.3) is 11.5 Å². The van der Waals surface area contributed by atoms with Crippen molar-refractivity contribution >= 4 is 5.91 Å². The summed E-state index contributed by atoms with van der Waals surface area (Å²) < 4.78 is 5.97. The number of aryl methyl sites for hydroxylation is 1. The van der Waals surface area contributed by atoms with E-state index in [-0.39, 0.29) is 5.56 Å². The van der Waals surface area contributed by atoms with E-state index in [0.29, 0.717) is 17.2 Å². The fraction of sp³-hybridized carbons (Fsp3) is 0.0769. The third-order valence-corrected chi connectivity index (χ3v) is 5.44. The number of amides is 1. The highest BCUT2D eigenvalue weighted by Gasteiger charge is 2.29. The number of aromatic amines is 1. The molecule has 0 saturated heterocycles. The van der Waals surface area contributed by atoms with E-state index in [9.17, 15) is 9.59 Å². The minimum absolute atomic E-state index is 0.0675. The van der Waals surface area contributed by atoms with Gasteiger partial charge in [-0.05, 0) is 42.8 Å². The maximum atomic E-state index is 13.1. The number of aromatic nitrogens is 1. The number of H-pyrrole nitrogens is 1. The predicted molar refractivity (Wildman–Crippen MR) is 120 cm³/mol. The summed E-state index contributed by atoms with van der Waals surface area (Å²) in [7, 11) is 0. The van der Waals surface area contributed by atoms with Gasteiger partial charge in [-0.2, -0.15) is 0 Å². The van der Waals surface area contributed by atoms with Crippen LogP contribution in [0.1, 0.15) is 33.1 Å². The molecular weight excluding hydrogens is 388 g/mol. The zero-order valence-corrected chi connectivity index (χ0v) is 16.9. The molecule has 31 heavy (non-hydrogen) atoms. The Bertz CT molecular complexity index is 1310. The van der Waals surface area contributed by atoms with Crippen molar-refractivity contribution in [3.05, 3.63) is 118 Å². The number of fused-ring (bicyclic) bond motifs is 2. The van der Waals surface area contributed by atoms with Crippen molar-refractivity contribution in [1.82, 2.24) is 10.3 Å². The second kappa shape index (κ2) is 7.61. The van der Waals surface area contributed by atoms with Crippen molar-refractivity contribution in [2.24, 2.45) is 0 Å². The number of ether oxygens (including phenoxy) is 1. The van der Waals surface area contributed by atoms with Gasteiger partial charge in [-0.25, -0.2) is 0 Å². The molecule has 0 spiro atoms. The fourth-order valence-corrected chi connectivity index (χ4v) is 3.91. The van der Waals surface area contributed by atoms with Crippen molar-refractivity contribution in [3.8, 4) is 22.8 Å². The Hall–Kier alpha value is -4.12. The number of carbonyl (C=O) groups is 1. The largest absolute Gasteiger partial charge is 0.457 e. The first-order chi connectivity index (χ1) is 15.1. The molecule has 0 saturated carbocycles. The van der Waals surface area contributed by atoms with Crippen molar-refractivity contribution in [3.63, 3.8) is 0 Å². The lowest BCUT2D eigenvalue weighted by molar-refractivity contribution is 0.0940. The van der Waals surface area contributed by atoms with Gasteiger partial charge in [-0.15, -0.1) is 0 Å². The SMILES string of the molecule is Cc1cccc(-c2ccc(C(=O)NC3c4ccccc4Oc4ccccc43)c(=O)[nH]2)c1. The second-order valence-corrected chi connectivity index (χ2v) is 7.57. The maximum absolute atomic E-state index is 13.1. The van der Waals surface area contributed by atoms with E-state index in [1.165, 1.54) is 0 Å². The van der Waals surface area contributed by atoms with E-state index in [0.717, 1.165) is 22.3 Å². The highest BCUT2D eigenvalue weighted by atomic mass is 16.5. The fourth-order valence-electron chi connectivity index (χ4n) is 3.91. The van der Waals surface area contributed by atoms with E-state index in [2.05, 4.69) is 10.3 Å². The number of rotatable bonds is 3. The molecule has 0 unspecified atom stereocenters. The monoisotopic (exact) mass is 408 g/mol. The van der Waals surface area contributed by atoms with Crippen LogP contribution in [-0.4, -0.2) is 10.9 Å². The molecule has 4 aromatic rings. The molecule has 0 aliphatic carbocycles. The summed E-state index contributed by atoms with van der Waals surface area (Å²) in [5.41, 5.74) is 4.01. The number of pyridine rings is 1. The Kier molecular flexibility index (Phi) is 4.64. The minimum Gasteiger partial charge on any atom is -0.457 e. The van der Waals surface area contributed by atoms with Gasteiger partial charge in [0.2, 0.25) is 0 Å². The molecule has 3 aromatic carbocycles. The molecule has 0 atom stereocenters. The van der Waals surface area contributed by atoms with Gasteiger partial charge in [0, 0.05) is 16.8 Å². The molecule has 1 aliphatic rings. The van der Waals surface area contributed by atoms with Crippen LogP contribution in [0.5, 0.6) is 11.5 Å². The number of hydrogen-bond acceptors (Lipinski definition) is 3. The van der Waals surface area contributed by atoms with Gasteiger partial charge >= 0.3 is 0 Å². The topological polar surface area (TPSA) is 71.2 Å². The van der Waals surface area contributed by atoms with Crippen molar-refractivity contribution in [2.75, 3.05) is 0 Å². The molecule has 0 fully saturated rings. The Labute approximate surface area is 179 Å². The zero-order chi connectivity index (χ0) is 21.4. The Morgan fingerprint density at radius 3 is 2.19 bits per heavy atom. The van der Waals surface area contributed by atoms with Gasteiger partial charge in [0.1, 0.15) is 17.1 Å². The smallest absolute Gasteiger partial charge is 0.261 e. The summed E-state index contributed by atoms with van der Waals surface area (Å²) in [5, 5.41) is 3.02. The molecule has 2 N–H and O–H groups in total. The number of carbonyl (C=O) groups excluding carboxylic acids is 1. The van der Waals surface area contributed by atoms with Gasteiger partial charge in [0.05, 0.1) is 6.04 Å². The van der Waals surface area contributed by atoms with Crippen LogP contribution in [0.15, 0.2) is 89.7 Å². The molecule has 5 heteroatoms. The van der Waals surface area contributed by atoms with E-state index in [1.807, 2.05) is 79.7 Å². The zero-order valence-electron chi connectivity index (χ0n) is 16.9. The van der Waals surface area contributed by atoms with Crippen LogP contribution in [-0.2, 0) is 0 Å². The summed E-state index contributed by atoms with van der Waals surface area (Å²) in [5.74, 6) is 0.943. The van der Waals surface area contributed by atoms with E-state index in [1.54, 1.807) is 12.1 Å². The number of hydrogen-bond donors (Lipinski definition) is 2. The Balaban J connectivity index is 1.48. The van der Waals surface area contributed by atoms with Crippen molar-refractivity contribution < 1.29 is 9.53 Å². The molecule has 1 aromatic heterocycles. The summed E-state index contributed by atoms with van der Waals surface area (Å²) in [6.45, 7) is 1.99. The third kappa shape index (κ3) is 3.51. The van der Waals surface area contributed by atoms with Crippen LogP contribution < -0.4 is 15.6 Å². The molecule has 1 amide bonds. The summed E-state index contributed by atoms with van der Waals surface area (Å²) in [6.07, 6.45) is 0. The quantitative estimate of drug-likeness (QED) is 0.502. The first kappa shape index (κ1) is 18.9. The lowest BCUT2D eigenvalue weighted by Gasteiger charge is -2.28. The highest BCUT2D eigenvalue weighted by molar-refractivity contribution is 5.94. The molecule has 5 rings (SSSR count). The van der Waals surface area contributed by atoms with Crippen LogP contribution in [0.4, 0.5) is 0 Å². The normalized spacial score (nSPS) is 12.4. The summed E-state index contributed by atoms with van der Waals surface area (Å²) in [4.78, 5) is 28.6. The van der Waals surface area contributed by atoms with Crippen LogP contribution in [0, 0.1) is 6.92 Å². The lowest BCUT2D eigenvalue weighted by atomic mass is 9.94. The van der Waals surface area contributed by atoms with E-state index in [4.69, 9.17) is 4.74 Å². The molecule has 152 valence electrons. The van der Waals surface area contributed by atoms with Gasteiger partial charge in [-0.3, -0.25) is 9.59 Å². The van der Waals surface area contributed by atoms with Crippen molar-refractivity contribution in [1.29, 1.82) is 0 Å². The minimum atomic E-state index is -0.437. The van der Waals surface area contributed by atoms with Crippen molar-refractivity contribution in [2.45, 2.75) is 13.0 Å². The highest BCUT2D eigenvalue weighted by Crippen LogP contribution is 2.42. The van der Waals surface area contributed by atoms with Gasteiger partial charge < -0.3 is 15.0 Å². The molecule has 2 heterocycles. The first-order valence-electron chi connectivity index (χ1n) is 10.1. The maximum Gasteiger partial charge on any atom is 0.261 e. The Morgan fingerprint density at radius 2 is 1.55 bits per heavy atom. The number of para-hydroxylation sites is 2. The summed E-state index contributed by atoms with van der Waals surface area (Å²) >= 11 is 0. The molecule has 0 bridgehead atoms. The summed E-state index contributed by atoms with van der Waals surface area (Å²) in [6, 6.07) is 25.9. The van der Waals surface area contributed by atoms with Gasteiger partial charge in [-0.1, -0.05) is 60.2 Å². The van der Waals surface area contributed by atoms with Crippen LogP contribution >= 0.6 is 0 Å². The van der Waals surface area contributed by atoms with E-state index >= 15 is 0 Å². The third-order valence-electron chi connectivity index (χ3n) is 5.44.